The van der Waals surface area contributed by atoms with Crippen molar-refractivity contribution in [3.05, 3.63) is 0 Å². The largest absolute Gasteiger partial charge is 0.374 e. The lowest BCUT2D eigenvalue weighted by Gasteiger charge is -2.44. The number of fused-ring (bicyclic) bond motifs is 1. The van der Waals surface area contributed by atoms with Crippen LogP contribution < -0.4 is 0 Å². The van der Waals surface area contributed by atoms with Gasteiger partial charge in [-0.05, 0) is 12.8 Å². The summed E-state index contributed by atoms with van der Waals surface area (Å²) in [5.74, 6) is 0. The van der Waals surface area contributed by atoms with E-state index in [-0.39, 0.29) is 0 Å². The number of hydrogen-bond donors (Lipinski definition) is 0. The first kappa shape index (κ1) is 10.4. The summed E-state index contributed by atoms with van der Waals surface area (Å²) in [7, 11) is -7.05. The van der Waals surface area contributed by atoms with Crippen molar-refractivity contribution in [3.8, 4) is 0 Å². The quantitative estimate of drug-likeness (QED) is 0.607. The predicted molar refractivity (Wildman–Crippen MR) is 50.3 cm³/mol. The highest BCUT2D eigenvalue weighted by Gasteiger charge is 2.62. The molecule has 5 nitrogen and oxygen atoms in total. The molecule has 0 saturated carbocycles. The van der Waals surface area contributed by atoms with Crippen molar-refractivity contribution in [2.45, 2.75) is 28.8 Å². The Labute approximate surface area is 83.3 Å². The summed E-state index contributed by atoms with van der Waals surface area (Å²) in [6.45, 7) is 0.461. The van der Waals surface area contributed by atoms with E-state index >= 15 is 0 Å². The Balaban J connectivity index is 2.37. The van der Waals surface area contributed by atoms with E-state index in [2.05, 4.69) is 0 Å². The van der Waals surface area contributed by atoms with E-state index < -0.39 is 35.6 Å². The fourth-order valence-electron chi connectivity index (χ4n) is 2.14. The van der Waals surface area contributed by atoms with E-state index in [9.17, 15) is 16.8 Å². The van der Waals surface area contributed by atoms with Crippen molar-refractivity contribution in [2.24, 2.45) is 0 Å². The fraction of sp³-hybridized carbons (Fsp3) is 1.00. The van der Waals surface area contributed by atoms with E-state index in [4.69, 9.17) is 4.74 Å². The lowest BCUT2D eigenvalue weighted by molar-refractivity contribution is 0.0134. The summed E-state index contributed by atoms with van der Waals surface area (Å²) in [5, 5.41) is -0.587. The van der Waals surface area contributed by atoms with Crippen LogP contribution in [0.3, 0.4) is 0 Å². The van der Waals surface area contributed by atoms with E-state index in [0.717, 1.165) is 6.26 Å². The molecule has 2 aliphatic heterocycles. The highest BCUT2D eigenvalue weighted by Crippen LogP contribution is 2.40. The molecule has 3 atom stereocenters. The van der Waals surface area contributed by atoms with Gasteiger partial charge in [-0.3, -0.25) is 0 Å². The molecular weight excluding hydrogens is 228 g/mol. The van der Waals surface area contributed by atoms with Gasteiger partial charge in [0.05, 0.1) is 5.25 Å². The van der Waals surface area contributed by atoms with E-state index in [0.29, 0.717) is 19.4 Å². The van der Waals surface area contributed by atoms with Gasteiger partial charge in [-0.2, -0.15) is 0 Å². The lowest BCUT2D eigenvalue weighted by Crippen LogP contribution is -2.65. The van der Waals surface area contributed by atoms with E-state index in [1.54, 1.807) is 0 Å². The van der Waals surface area contributed by atoms with Crippen LogP contribution in [0.15, 0.2) is 0 Å². The van der Waals surface area contributed by atoms with Gasteiger partial charge in [-0.15, -0.1) is 0 Å². The molecule has 0 aromatic carbocycles. The molecule has 2 heterocycles. The monoisotopic (exact) mass is 240 g/mol. The molecule has 2 saturated heterocycles. The highest BCUT2D eigenvalue weighted by molar-refractivity contribution is 8.10. The van der Waals surface area contributed by atoms with Crippen LogP contribution in [-0.2, 0) is 24.4 Å². The minimum absolute atomic E-state index is 0.461. The lowest BCUT2D eigenvalue weighted by atomic mass is 10.1. The van der Waals surface area contributed by atoms with Crippen LogP contribution in [0.2, 0.25) is 0 Å². The molecule has 0 N–H and O–H groups in total. The zero-order chi connectivity index (χ0) is 10.6. The van der Waals surface area contributed by atoms with Gasteiger partial charge in [0, 0.05) is 12.9 Å². The topological polar surface area (TPSA) is 77.5 Å². The molecule has 0 aliphatic carbocycles. The van der Waals surface area contributed by atoms with Crippen molar-refractivity contribution in [1.29, 1.82) is 0 Å². The predicted octanol–water partition coefficient (Wildman–Crippen LogP) is -0.667. The van der Waals surface area contributed by atoms with Crippen LogP contribution in [0, 0.1) is 0 Å². The Hall–Kier alpha value is -0.140. The zero-order valence-electron chi connectivity index (χ0n) is 7.71. The van der Waals surface area contributed by atoms with Gasteiger partial charge in [0.1, 0.15) is 6.10 Å². The van der Waals surface area contributed by atoms with Crippen LogP contribution in [0.1, 0.15) is 12.8 Å². The Morgan fingerprint density at radius 3 is 2.57 bits per heavy atom. The van der Waals surface area contributed by atoms with Crippen molar-refractivity contribution in [3.63, 3.8) is 0 Å². The van der Waals surface area contributed by atoms with Gasteiger partial charge < -0.3 is 4.74 Å². The van der Waals surface area contributed by atoms with Crippen LogP contribution in [0.25, 0.3) is 0 Å². The number of rotatable bonds is 1. The molecule has 0 amide bonds. The van der Waals surface area contributed by atoms with Crippen molar-refractivity contribution in [2.75, 3.05) is 12.9 Å². The van der Waals surface area contributed by atoms with Gasteiger partial charge in [0.15, 0.2) is 24.3 Å². The summed E-state index contributed by atoms with van der Waals surface area (Å²) in [6, 6.07) is 0. The third-order valence-corrected chi connectivity index (χ3v) is 7.98. The number of hydrogen-bond acceptors (Lipinski definition) is 5. The maximum atomic E-state index is 11.6. The second kappa shape index (κ2) is 2.93. The second-order valence-corrected chi connectivity index (χ2v) is 8.56. The minimum Gasteiger partial charge on any atom is -0.374 e. The molecule has 7 heteroatoms. The summed E-state index contributed by atoms with van der Waals surface area (Å²) in [4.78, 5) is 0. The zero-order valence-corrected chi connectivity index (χ0v) is 9.34. The van der Waals surface area contributed by atoms with Crippen LogP contribution >= 0.6 is 0 Å². The maximum Gasteiger partial charge on any atom is 0.190 e. The van der Waals surface area contributed by atoms with Gasteiger partial charge in [-0.1, -0.05) is 0 Å². The van der Waals surface area contributed by atoms with Gasteiger partial charge in [0.2, 0.25) is 0 Å². The molecule has 0 aromatic heterocycles. The fourth-order valence-corrected chi connectivity index (χ4v) is 7.19. The molecule has 0 aromatic rings. The average Bonchev–Trinajstić information content (AvgIpc) is 2.00. The summed E-state index contributed by atoms with van der Waals surface area (Å²) in [6.07, 6.45) is 1.54. The number of sulfone groups is 2. The second-order valence-electron chi connectivity index (χ2n) is 3.80. The van der Waals surface area contributed by atoms with Crippen LogP contribution in [0.4, 0.5) is 0 Å². The third kappa shape index (κ3) is 1.30. The van der Waals surface area contributed by atoms with Crippen molar-refractivity contribution < 1.29 is 21.6 Å². The van der Waals surface area contributed by atoms with Crippen molar-refractivity contribution in [1.82, 2.24) is 0 Å². The first-order valence-corrected chi connectivity index (χ1v) is 7.95. The normalized spacial score (nSPS) is 41.1. The smallest absolute Gasteiger partial charge is 0.190 e. The van der Waals surface area contributed by atoms with E-state index in [1.807, 2.05) is 0 Å². The Kier molecular flexibility index (Phi) is 2.17. The van der Waals surface area contributed by atoms with Crippen molar-refractivity contribution >= 4 is 19.7 Å². The summed E-state index contributed by atoms with van der Waals surface area (Å²) >= 11 is 0. The SMILES string of the molecule is CS(=O)(=O)[C@@H]1[C@H]2OCCC[C@@H]2S1(=O)=O. The Bertz CT molecular complexity index is 435. The first-order chi connectivity index (χ1) is 6.35. The van der Waals surface area contributed by atoms with Gasteiger partial charge >= 0.3 is 0 Å². The maximum absolute atomic E-state index is 11.6. The molecule has 0 spiro atoms. The summed E-state index contributed by atoms with van der Waals surface area (Å²) in [5.41, 5.74) is 0. The first-order valence-electron chi connectivity index (χ1n) is 4.38. The minimum atomic E-state index is -3.56. The average molecular weight is 240 g/mol. The molecule has 2 aliphatic rings. The van der Waals surface area contributed by atoms with Crippen LogP contribution in [-0.4, -0.2) is 45.6 Å². The molecule has 0 bridgehead atoms. The third-order valence-electron chi connectivity index (χ3n) is 2.75. The molecule has 0 unspecified atom stereocenters. The highest BCUT2D eigenvalue weighted by atomic mass is 32.3. The number of ether oxygens (including phenoxy) is 1. The van der Waals surface area contributed by atoms with E-state index in [1.165, 1.54) is 0 Å². The Morgan fingerprint density at radius 1 is 1.36 bits per heavy atom. The standard InChI is InChI=1S/C7H12O5S2/c1-13(8,9)7-6-5(14(7,10)11)3-2-4-12-6/h5-7H,2-4H2,1H3/t5-,6-,7-/m0/s1. The molecular formula is C7H12O5S2. The molecule has 82 valence electrons. The van der Waals surface area contributed by atoms with Gasteiger partial charge in [-0.25, -0.2) is 16.8 Å². The molecule has 0 radical (unpaired) electrons. The van der Waals surface area contributed by atoms with Gasteiger partial charge in [0.25, 0.3) is 0 Å². The van der Waals surface area contributed by atoms with Crippen LogP contribution in [0.5, 0.6) is 0 Å². The molecule has 14 heavy (non-hydrogen) atoms. The molecule has 2 fully saturated rings. The summed E-state index contributed by atoms with van der Waals surface area (Å²) < 4.78 is 49.5. The molecule has 2 rings (SSSR count). The Morgan fingerprint density at radius 2 is 2.00 bits per heavy atom.